The predicted molar refractivity (Wildman–Crippen MR) is 117 cm³/mol. The van der Waals surface area contributed by atoms with Crippen molar-refractivity contribution in [3.8, 4) is 23.0 Å². The number of rotatable bonds is 9. The van der Waals surface area contributed by atoms with Crippen LogP contribution in [0.5, 0.6) is 23.0 Å². The van der Waals surface area contributed by atoms with Crippen molar-refractivity contribution in [1.29, 1.82) is 0 Å². The molecule has 0 atom stereocenters. The molecule has 0 aliphatic carbocycles. The van der Waals surface area contributed by atoms with Crippen molar-refractivity contribution >= 4 is 29.7 Å². The average Bonchev–Trinajstić information content (AvgIpc) is 2.75. The molecule has 2 aromatic carbocycles. The summed E-state index contributed by atoms with van der Waals surface area (Å²) >= 11 is 0. The van der Waals surface area contributed by atoms with Crippen molar-refractivity contribution in [2.24, 2.45) is 10.8 Å². The number of nitrogens with two attached hydrogens (primary N) is 1. The van der Waals surface area contributed by atoms with E-state index in [9.17, 15) is 19.8 Å². The molecular formula is C22H23N3O6. The number of ether oxygens (including phenoxy) is 2. The smallest absolute Gasteiger partial charge is 0.332 e. The van der Waals surface area contributed by atoms with Gasteiger partial charge in [0, 0.05) is 0 Å². The highest BCUT2D eigenvalue weighted by molar-refractivity contribution is 6.13. The number of carbonyl (C=O) groups is 2. The first-order valence-electron chi connectivity index (χ1n) is 9.07. The number of aromatic hydroxyl groups is 2. The summed E-state index contributed by atoms with van der Waals surface area (Å²) in [5.74, 6) is 0.281. The lowest BCUT2D eigenvalue weighted by atomic mass is 10.1. The van der Waals surface area contributed by atoms with Gasteiger partial charge in [0.2, 0.25) is 0 Å². The fourth-order valence-electron chi connectivity index (χ4n) is 2.48. The van der Waals surface area contributed by atoms with Gasteiger partial charge in [0.15, 0.2) is 28.8 Å². The molecule has 0 aliphatic heterocycles. The van der Waals surface area contributed by atoms with Crippen LogP contribution in [0, 0.1) is 0 Å². The fraction of sp³-hybridized carbons (Fsp3) is 0.136. The largest absolute Gasteiger partial charge is 0.504 e. The molecule has 2 aromatic rings. The minimum Gasteiger partial charge on any atom is -0.504 e. The van der Waals surface area contributed by atoms with E-state index in [0.717, 1.165) is 0 Å². The maximum absolute atomic E-state index is 12.4. The number of amides is 2. The highest BCUT2D eigenvalue weighted by Crippen LogP contribution is 2.27. The summed E-state index contributed by atoms with van der Waals surface area (Å²) in [6.07, 6.45) is 5.99. The normalized spacial score (nSPS) is 11.6. The molecule has 2 rings (SSSR count). The van der Waals surface area contributed by atoms with Crippen LogP contribution in [0.25, 0.3) is 12.2 Å². The molecule has 0 radical (unpaired) electrons. The Morgan fingerprint density at radius 1 is 0.968 bits per heavy atom. The van der Waals surface area contributed by atoms with E-state index in [4.69, 9.17) is 15.2 Å². The number of benzene rings is 2. The number of ketones is 1. The zero-order valence-corrected chi connectivity index (χ0v) is 17.0. The van der Waals surface area contributed by atoms with E-state index in [1.165, 1.54) is 38.5 Å². The molecule has 0 heterocycles. The van der Waals surface area contributed by atoms with Crippen LogP contribution in [-0.2, 0) is 4.79 Å². The van der Waals surface area contributed by atoms with Crippen molar-refractivity contribution in [2.75, 3.05) is 14.2 Å². The van der Waals surface area contributed by atoms with E-state index in [2.05, 4.69) is 10.5 Å². The van der Waals surface area contributed by atoms with Gasteiger partial charge in [-0.3, -0.25) is 4.79 Å². The van der Waals surface area contributed by atoms with Crippen molar-refractivity contribution < 1.29 is 29.3 Å². The summed E-state index contributed by atoms with van der Waals surface area (Å²) in [5, 5.41) is 23.1. The van der Waals surface area contributed by atoms with E-state index < -0.39 is 6.03 Å². The summed E-state index contributed by atoms with van der Waals surface area (Å²) in [7, 11) is 2.86. The second-order valence-electron chi connectivity index (χ2n) is 6.25. The molecular weight excluding hydrogens is 402 g/mol. The molecule has 162 valence electrons. The third-order valence-electron chi connectivity index (χ3n) is 4.00. The van der Waals surface area contributed by atoms with Gasteiger partial charge < -0.3 is 25.4 Å². The minimum atomic E-state index is -0.864. The number of phenols is 2. The van der Waals surface area contributed by atoms with Crippen LogP contribution in [0.2, 0.25) is 0 Å². The molecule has 0 bridgehead atoms. The first-order valence-corrected chi connectivity index (χ1v) is 9.07. The van der Waals surface area contributed by atoms with Gasteiger partial charge in [0.05, 0.1) is 26.4 Å². The number of carbonyl (C=O) groups excluding carboxylic acids is 2. The first-order chi connectivity index (χ1) is 14.8. The lowest BCUT2D eigenvalue weighted by Crippen LogP contribution is -2.25. The highest BCUT2D eigenvalue weighted by atomic mass is 16.5. The molecule has 0 fully saturated rings. The van der Waals surface area contributed by atoms with Crippen molar-refractivity contribution in [3.05, 3.63) is 59.7 Å². The lowest BCUT2D eigenvalue weighted by molar-refractivity contribution is -0.113. The molecule has 0 saturated heterocycles. The van der Waals surface area contributed by atoms with Crippen LogP contribution in [-0.4, -0.2) is 42.0 Å². The average molecular weight is 425 g/mol. The summed E-state index contributed by atoms with van der Waals surface area (Å²) in [4.78, 5) is 23.4. The standard InChI is InChI=1S/C22H23N3O6/c1-30-20-11-14(5-9-18(20)27)3-7-16(24-25-22(23)29)13-17(26)8-4-15-6-10-19(28)21(12-15)31-2/h3-12,27-28H,13H2,1-2H3,(H3,23,25,29)/b7-3+,8-4+,24-16-. The second-order valence-corrected chi connectivity index (χ2v) is 6.25. The zero-order chi connectivity index (χ0) is 22.8. The molecule has 5 N–H and O–H groups in total. The molecule has 0 aliphatic rings. The van der Waals surface area contributed by atoms with Crippen LogP contribution in [0.15, 0.2) is 53.7 Å². The predicted octanol–water partition coefficient (Wildman–Crippen LogP) is 2.83. The van der Waals surface area contributed by atoms with E-state index in [-0.39, 0.29) is 35.2 Å². The van der Waals surface area contributed by atoms with Crippen LogP contribution >= 0.6 is 0 Å². The number of nitrogens with zero attached hydrogens (tertiary/aromatic N) is 1. The van der Waals surface area contributed by atoms with Crippen molar-refractivity contribution in [3.63, 3.8) is 0 Å². The molecule has 0 spiro atoms. The number of urea groups is 1. The van der Waals surface area contributed by atoms with Crippen LogP contribution < -0.4 is 20.6 Å². The topological polar surface area (TPSA) is 143 Å². The third-order valence-corrected chi connectivity index (χ3v) is 4.00. The van der Waals surface area contributed by atoms with E-state index >= 15 is 0 Å². The second kappa shape index (κ2) is 11.1. The first kappa shape index (κ1) is 23.0. The summed E-state index contributed by atoms with van der Waals surface area (Å²) in [6, 6.07) is 8.53. The van der Waals surface area contributed by atoms with E-state index in [0.29, 0.717) is 16.9 Å². The maximum Gasteiger partial charge on any atom is 0.332 e. The number of methoxy groups -OCH3 is 2. The Morgan fingerprint density at radius 2 is 1.48 bits per heavy atom. The minimum absolute atomic E-state index is 0.00453. The van der Waals surface area contributed by atoms with Gasteiger partial charge in [-0.25, -0.2) is 10.2 Å². The number of nitrogens with one attached hydrogen (secondary N) is 1. The molecule has 9 nitrogen and oxygen atoms in total. The summed E-state index contributed by atoms with van der Waals surface area (Å²) < 4.78 is 10.1. The summed E-state index contributed by atoms with van der Waals surface area (Å²) in [5.41, 5.74) is 8.75. The Balaban J connectivity index is 2.15. The number of hydrogen-bond acceptors (Lipinski definition) is 7. The van der Waals surface area contributed by atoms with Gasteiger partial charge in [-0.05, 0) is 47.5 Å². The van der Waals surface area contributed by atoms with Crippen LogP contribution in [0.1, 0.15) is 17.5 Å². The Labute approximate surface area is 179 Å². The Morgan fingerprint density at radius 3 is 1.97 bits per heavy atom. The van der Waals surface area contributed by atoms with Gasteiger partial charge in [-0.2, -0.15) is 5.10 Å². The van der Waals surface area contributed by atoms with E-state index in [1.54, 1.807) is 36.4 Å². The van der Waals surface area contributed by atoms with Crippen molar-refractivity contribution in [2.45, 2.75) is 6.42 Å². The molecule has 0 unspecified atom stereocenters. The van der Waals surface area contributed by atoms with Gasteiger partial charge in [-0.1, -0.05) is 24.3 Å². The maximum atomic E-state index is 12.4. The fourth-order valence-corrected chi connectivity index (χ4v) is 2.48. The molecule has 31 heavy (non-hydrogen) atoms. The Bertz CT molecular complexity index is 1040. The molecule has 2 amide bonds. The highest BCUT2D eigenvalue weighted by Gasteiger charge is 2.06. The molecule has 0 aromatic heterocycles. The Hall–Kier alpha value is -4.27. The molecule has 0 saturated carbocycles. The van der Waals surface area contributed by atoms with Crippen LogP contribution in [0.4, 0.5) is 4.79 Å². The zero-order valence-electron chi connectivity index (χ0n) is 17.0. The van der Waals surface area contributed by atoms with Gasteiger partial charge in [-0.15, -0.1) is 0 Å². The third kappa shape index (κ3) is 7.24. The Kier molecular flexibility index (Phi) is 8.21. The number of hydrogen-bond donors (Lipinski definition) is 4. The van der Waals surface area contributed by atoms with Gasteiger partial charge in [0.25, 0.3) is 0 Å². The molecule has 9 heteroatoms. The lowest BCUT2D eigenvalue weighted by Gasteiger charge is -2.04. The number of hydrazone groups is 1. The quantitative estimate of drug-likeness (QED) is 0.276. The van der Waals surface area contributed by atoms with Gasteiger partial charge >= 0.3 is 6.03 Å². The van der Waals surface area contributed by atoms with Crippen molar-refractivity contribution in [1.82, 2.24) is 5.43 Å². The van der Waals surface area contributed by atoms with E-state index in [1.807, 2.05) is 0 Å². The monoisotopic (exact) mass is 425 g/mol. The summed E-state index contributed by atoms with van der Waals surface area (Å²) in [6.45, 7) is 0. The van der Waals surface area contributed by atoms with Crippen LogP contribution in [0.3, 0.4) is 0 Å². The van der Waals surface area contributed by atoms with Gasteiger partial charge in [0.1, 0.15) is 0 Å². The number of allylic oxidation sites excluding steroid dienone is 2. The SMILES string of the molecule is COc1cc(/C=C/C(=O)CC(/C=C/c2ccc(O)c(OC)c2)=N\NC(N)=O)ccc1O. The number of phenolic OH excluding ortho intramolecular Hbond substituents is 2. The number of primary amides is 1.